The second kappa shape index (κ2) is 15.2. The molecule has 2 heterocycles. The summed E-state index contributed by atoms with van der Waals surface area (Å²) in [6.07, 6.45) is 4.12. The molecule has 0 aliphatic heterocycles. The van der Waals surface area contributed by atoms with Crippen LogP contribution in [0.15, 0.2) is 57.5 Å². The van der Waals surface area contributed by atoms with E-state index in [-0.39, 0.29) is 34.6 Å². The molecule has 0 aliphatic carbocycles. The van der Waals surface area contributed by atoms with Crippen LogP contribution in [0.2, 0.25) is 0 Å². The van der Waals surface area contributed by atoms with Crippen molar-refractivity contribution >= 4 is 78.8 Å². The second-order valence-electron chi connectivity index (χ2n) is 8.84. The summed E-state index contributed by atoms with van der Waals surface area (Å²) < 4.78 is 0.903. The number of nitrogens with one attached hydrogen (secondary N) is 4. The van der Waals surface area contributed by atoms with Gasteiger partial charge in [-0.3, -0.25) is 19.2 Å². The third kappa shape index (κ3) is 9.23. The predicted octanol–water partition coefficient (Wildman–Crippen LogP) is 6.76. The number of nitrogens with zero attached hydrogens (tertiary/aromatic N) is 2. The van der Waals surface area contributed by atoms with Gasteiger partial charge in [-0.1, -0.05) is 38.8 Å². The number of halogens is 2. The molecule has 4 amide bonds. The zero-order chi connectivity index (χ0) is 29.1. The van der Waals surface area contributed by atoms with Crippen LogP contribution in [-0.2, 0) is 9.59 Å². The molecule has 0 fully saturated rings. The molecule has 40 heavy (non-hydrogen) atoms. The van der Waals surface area contributed by atoms with Gasteiger partial charge in [0.05, 0.1) is 11.1 Å². The van der Waals surface area contributed by atoms with Crippen LogP contribution in [0.4, 0.5) is 23.3 Å². The number of amides is 4. The van der Waals surface area contributed by atoms with E-state index in [2.05, 4.69) is 63.1 Å². The molecule has 0 bridgehead atoms. The molecule has 12 heteroatoms. The van der Waals surface area contributed by atoms with Gasteiger partial charge in [0.25, 0.3) is 11.8 Å². The molecule has 0 radical (unpaired) electrons. The summed E-state index contributed by atoms with van der Waals surface area (Å²) in [6.45, 7) is 4.00. The van der Waals surface area contributed by atoms with E-state index in [1.54, 1.807) is 42.5 Å². The first kappa shape index (κ1) is 30.9. The van der Waals surface area contributed by atoms with Crippen molar-refractivity contribution in [1.82, 2.24) is 9.97 Å². The molecule has 1 aromatic carbocycles. The summed E-state index contributed by atoms with van der Waals surface area (Å²) in [7, 11) is 0. The van der Waals surface area contributed by atoms with Crippen LogP contribution >= 0.6 is 31.9 Å². The van der Waals surface area contributed by atoms with E-state index in [0.717, 1.165) is 25.7 Å². The lowest BCUT2D eigenvalue weighted by molar-refractivity contribution is -0.117. The van der Waals surface area contributed by atoms with E-state index < -0.39 is 11.8 Å². The van der Waals surface area contributed by atoms with Gasteiger partial charge in [0.15, 0.2) is 0 Å². The van der Waals surface area contributed by atoms with E-state index in [1.165, 1.54) is 6.07 Å². The zero-order valence-corrected chi connectivity index (χ0v) is 25.3. The first-order chi connectivity index (χ1) is 19.2. The number of hydrogen-bond acceptors (Lipinski definition) is 6. The Kier molecular flexibility index (Phi) is 11.8. The quantitative estimate of drug-likeness (QED) is 0.167. The molecule has 2 aromatic heterocycles. The molecule has 0 unspecified atom stereocenters. The van der Waals surface area contributed by atoms with Crippen molar-refractivity contribution in [2.24, 2.45) is 0 Å². The zero-order valence-electron chi connectivity index (χ0n) is 22.1. The molecule has 0 saturated heterocycles. The third-order valence-corrected chi connectivity index (χ3v) is 6.89. The third-order valence-electron chi connectivity index (χ3n) is 5.58. The molecular weight excluding hydrogens is 644 g/mol. The number of rotatable bonds is 12. The van der Waals surface area contributed by atoms with Gasteiger partial charge in [0.2, 0.25) is 11.8 Å². The molecule has 3 aromatic rings. The van der Waals surface area contributed by atoms with Gasteiger partial charge in [-0.15, -0.1) is 0 Å². The maximum atomic E-state index is 13.1. The van der Waals surface area contributed by atoms with Gasteiger partial charge in [0.1, 0.15) is 23.3 Å². The predicted molar refractivity (Wildman–Crippen MR) is 163 cm³/mol. The molecule has 0 atom stereocenters. The van der Waals surface area contributed by atoms with Crippen molar-refractivity contribution in [2.45, 2.75) is 52.4 Å². The maximum absolute atomic E-state index is 13.1. The van der Waals surface area contributed by atoms with Crippen molar-refractivity contribution in [3.63, 3.8) is 0 Å². The lowest BCUT2D eigenvalue weighted by Gasteiger charge is -2.12. The minimum atomic E-state index is -0.509. The highest BCUT2D eigenvalue weighted by Crippen LogP contribution is 2.28. The fraction of sp³-hybridized carbons (Fsp3) is 0.286. The average Bonchev–Trinajstić information content (AvgIpc) is 2.91. The summed E-state index contributed by atoms with van der Waals surface area (Å²) in [5.74, 6) is -0.195. The van der Waals surface area contributed by atoms with Crippen LogP contribution in [0.3, 0.4) is 0 Å². The van der Waals surface area contributed by atoms with Crippen molar-refractivity contribution in [3.05, 3.63) is 68.6 Å². The molecule has 10 nitrogen and oxygen atoms in total. The highest BCUT2D eigenvalue weighted by molar-refractivity contribution is 9.11. The van der Waals surface area contributed by atoms with Crippen LogP contribution in [-0.4, -0.2) is 33.6 Å². The Morgan fingerprint density at radius 2 is 1.00 bits per heavy atom. The van der Waals surface area contributed by atoms with Gasteiger partial charge in [-0.25, -0.2) is 9.97 Å². The Morgan fingerprint density at radius 1 is 0.625 bits per heavy atom. The molecule has 4 N–H and O–H groups in total. The SMILES string of the molecule is CCCCC(=O)Nc1cccc(NC(=O)c2cc(C(=O)Nc3cccc(NC(=O)CCCC)n3)c(Br)cc2Br)n1. The van der Waals surface area contributed by atoms with Gasteiger partial charge in [-0.05, 0) is 81.1 Å². The van der Waals surface area contributed by atoms with Crippen LogP contribution in [0.1, 0.15) is 73.1 Å². The number of benzene rings is 1. The fourth-order valence-corrected chi connectivity index (χ4v) is 4.85. The smallest absolute Gasteiger partial charge is 0.257 e. The monoisotopic (exact) mass is 672 g/mol. The van der Waals surface area contributed by atoms with Crippen molar-refractivity contribution < 1.29 is 19.2 Å². The van der Waals surface area contributed by atoms with E-state index in [4.69, 9.17) is 0 Å². The van der Waals surface area contributed by atoms with Crippen LogP contribution in [0, 0.1) is 0 Å². The number of unbranched alkanes of at least 4 members (excludes halogenated alkanes) is 2. The standard InChI is InChI=1S/C28H30Br2N6O4/c1-3-5-13-25(37)33-21-9-7-11-23(31-21)35-27(39)17-15-18(20(30)16-19(17)29)28(40)36-24-12-8-10-22(32-24)34-26(38)14-6-4-2/h7-12,15-16H,3-6,13-14H2,1-2H3,(H2,31,33,35,37,39)(H2,32,34,36,38,40). The van der Waals surface area contributed by atoms with Gasteiger partial charge >= 0.3 is 0 Å². The minimum Gasteiger partial charge on any atom is -0.311 e. The largest absolute Gasteiger partial charge is 0.311 e. The van der Waals surface area contributed by atoms with Crippen LogP contribution in [0.25, 0.3) is 0 Å². The van der Waals surface area contributed by atoms with Crippen LogP contribution in [0.5, 0.6) is 0 Å². The number of hydrogen-bond donors (Lipinski definition) is 4. The Morgan fingerprint density at radius 3 is 1.38 bits per heavy atom. The van der Waals surface area contributed by atoms with Crippen LogP contribution < -0.4 is 21.3 Å². The Balaban J connectivity index is 1.72. The summed E-state index contributed by atoms with van der Waals surface area (Å²) in [5, 5.41) is 10.8. The van der Waals surface area contributed by atoms with Gasteiger partial charge in [-0.2, -0.15) is 0 Å². The summed E-state index contributed by atoms with van der Waals surface area (Å²) >= 11 is 6.76. The summed E-state index contributed by atoms with van der Waals surface area (Å²) in [6, 6.07) is 12.8. The highest BCUT2D eigenvalue weighted by Gasteiger charge is 2.19. The lowest BCUT2D eigenvalue weighted by atomic mass is 10.1. The number of pyridine rings is 2. The maximum Gasteiger partial charge on any atom is 0.257 e. The summed E-state index contributed by atoms with van der Waals surface area (Å²) in [5.41, 5.74) is 0.384. The highest BCUT2D eigenvalue weighted by atomic mass is 79.9. The van der Waals surface area contributed by atoms with Crippen molar-refractivity contribution in [3.8, 4) is 0 Å². The number of carbonyl (C=O) groups is 4. The average molecular weight is 674 g/mol. The molecular formula is C28H30Br2N6O4. The number of carbonyl (C=O) groups excluding carboxylic acids is 4. The Bertz CT molecular complexity index is 1300. The Labute approximate surface area is 249 Å². The van der Waals surface area contributed by atoms with Crippen molar-refractivity contribution in [2.75, 3.05) is 21.3 Å². The number of anilines is 4. The molecule has 0 aliphatic rings. The van der Waals surface area contributed by atoms with Gasteiger partial charge < -0.3 is 21.3 Å². The van der Waals surface area contributed by atoms with E-state index in [0.29, 0.717) is 33.4 Å². The molecule has 0 saturated carbocycles. The minimum absolute atomic E-state index is 0.150. The first-order valence-electron chi connectivity index (χ1n) is 12.9. The first-order valence-corrected chi connectivity index (χ1v) is 14.4. The fourth-order valence-electron chi connectivity index (χ4n) is 3.50. The normalized spacial score (nSPS) is 10.5. The number of aromatic nitrogens is 2. The molecule has 210 valence electrons. The van der Waals surface area contributed by atoms with E-state index >= 15 is 0 Å². The summed E-state index contributed by atoms with van der Waals surface area (Å²) in [4.78, 5) is 58.8. The van der Waals surface area contributed by atoms with Crippen molar-refractivity contribution in [1.29, 1.82) is 0 Å². The Hall–Kier alpha value is -3.64. The molecule has 0 spiro atoms. The van der Waals surface area contributed by atoms with E-state index in [1.807, 2.05) is 13.8 Å². The van der Waals surface area contributed by atoms with E-state index in [9.17, 15) is 19.2 Å². The second-order valence-corrected chi connectivity index (χ2v) is 10.5. The lowest BCUT2D eigenvalue weighted by Crippen LogP contribution is -2.18. The van der Waals surface area contributed by atoms with Gasteiger partial charge in [0, 0.05) is 21.8 Å². The topological polar surface area (TPSA) is 142 Å². The molecule has 3 rings (SSSR count).